The number of aliphatic carboxylic acids is 1. The smallest absolute Gasteiger partial charge is 0.305 e. The summed E-state index contributed by atoms with van der Waals surface area (Å²) in [7, 11) is 3.79. The van der Waals surface area contributed by atoms with E-state index in [2.05, 4.69) is 0 Å². The van der Waals surface area contributed by atoms with Crippen molar-refractivity contribution >= 4 is 17.3 Å². The Balaban J connectivity index is 2.74. The standard InChI is InChI=1S/C9H13NO2S/c1-10(2)7(6-9(11)12)8-4-3-5-13-8/h3-5,7H,6H2,1-2H3,(H,11,12). The molecule has 0 radical (unpaired) electrons. The zero-order valence-electron chi connectivity index (χ0n) is 7.73. The summed E-state index contributed by atoms with van der Waals surface area (Å²) in [5.74, 6) is -0.757. The fourth-order valence-electron chi connectivity index (χ4n) is 1.18. The highest BCUT2D eigenvalue weighted by atomic mass is 32.1. The minimum absolute atomic E-state index is 0.00231. The predicted octanol–water partition coefficient (Wildman–Crippen LogP) is 1.83. The van der Waals surface area contributed by atoms with Crippen molar-refractivity contribution in [3.63, 3.8) is 0 Å². The highest BCUT2D eigenvalue weighted by Crippen LogP contribution is 2.25. The minimum atomic E-state index is -0.757. The van der Waals surface area contributed by atoms with Crippen LogP contribution >= 0.6 is 11.3 Å². The van der Waals surface area contributed by atoms with Crippen molar-refractivity contribution < 1.29 is 9.90 Å². The normalized spacial score (nSPS) is 13.2. The van der Waals surface area contributed by atoms with Gasteiger partial charge in [-0.3, -0.25) is 4.79 Å². The third-order valence-electron chi connectivity index (χ3n) is 1.86. The lowest BCUT2D eigenvalue weighted by Gasteiger charge is -2.21. The van der Waals surface area contributed by atoms with Gasteiger partial charge in [-0.2, -0.15) is 0 Å². The van der Waals surface area contributed by atoms with Gasteiger partial charge in [0.2, 0.25) is 0 Å². The molecule has 0 amide bonds. The summed E-state index contributed by atoms with van der Waals surface area (Å²) in [5.41, 5.74) is 0. The zero-order chi connectivity index (χ0) is 9.84. The molecule has 0 aliphatic heterocycles. The molecule has 1 aromatic rings. The summed E-state index contributed by atoms with van der Waals surface area (Å²) in [6.07, 6.45) is 0.160. The van der Waals surface area contributed by atoms with Gasteiger partial charge in [0, 0.05) is 4.88 Å². The Bertz CT molecular complexity index is 269. The Morgan fingerprint density at radius 2 is 2.38 bits per heavy atom. The summed E-state index contributed by atoms with van der Waals surface area (Å²) in [6.45, 7) is 0. The molecule has 0 saturated heterocycles. The van der Waals surface area contributed by atoms with Crippen LogP contribution in [0.1, 0.15) is 17.3 Å². The number of carboxylic acids is 1. The van der Waals surface area contributed by atoms with E-state index in [0.717, 1.165) is 4.88 Å². The Morgan fingerprint density at radius 1 is 1.69 bits per heavy atom. The molecule has 0 aromatic carbocycles. The van der Waals surface area contributed by atoms with Crippen molar-refractivity contribution in [2.24, 2.45) is 0 Å². The molecule has 0 aliphatic carbocycles. The van der Waals surface area contributed by atoms with Crippen LogP contribution in [0.3, 0.4) is 0 Å². The maximum Gasteiger partial charge on any atom is 0.305 e. The molecule has 1 rings (SSSR count). The van der Waals surface area contributed by atoms with Crippen molar-refractivity contribution in [2.45, 2.75) is 12.5 Å². The summed E-state index contributed by atoms with van der Waals surface area (Å²) < 4.78 is 0. The maximum atomic E-state index is 10.6. The molecule has 1 heterocycles. The van der Waals surface area contributed by atoms with E-state index < -0.39 is 5.97 Å². The van der Waals surface area contributed by atoms with Crippen molar-refractivity contribution in [3.8, 4) is 0 Å². The SMILES string of the molecule is CN(C)C(CC(=O)O)c1cccs1. The molecule has 0 bridgehead atoms. The Hall–Kier alpha value is -0.870. The summed E-state index contributed by atoms with van der Waals surface area (Å²) in [6, 6.07) is 3.91. The molecule has 1 atom stereocenters. The van der Waals surface area contributed by atoms with Crippen LogP contribution in [0, 0.1) is 0 Å². The van der Waals surface area contributed by atoms with Crippen LogP contribution in [-0.2, 0) is 4.79 Å². The summed E-state index contributed by atoms with van der Waals surface area (Å²) in [4.78, 5) is 13.6. The highest BCUT2D eigenvalue weighted by molar-refractivity contribution is 7.10. The van der Waals surface area contributed by atoms with Gasteiger partial charge in [-0.05, 0) is 25.5 Å². The molecular weight excluding hydrogens is 186 g/mol. The van der Waals surface area contributed by atoms with E-state index in [1.54, 1.807) is 11.3 Å². The molecule has 0 saturated carbocycles. The van der Waals surface area contributed by atoms with Gasteiger partial charge < -0.3 is 10.0 Å². The van der Waals surface area contributed by atoms with Crippen LogP contribution < -0.4 is 0 Å². The number of thiophene rings is 1. The zero-order valence-corrected chi connectivity index (χ0v) is 8.54. The second kappa shape index (κ2) is 4.39. The number of nitrogens with zero attached hydrogens (tertiary/aromatic N) is 1. The van der Waals surface area contributed by atoms with Crippen LogP contribution in [0.2, 0.25) is 0 Å². The van der Waals surface area contributed by atoms with E-state index in [0.29, 0.717) is 0 Å². The fourth-order valence-corrected chi connectivity index (χ4v) is 2.11. The first-order valence-corrected chi connectivity index (χ1v) is 4.91. The van der Waals surface area contributed by atoms with Crippen LogP contribution in [0.15, 0.2) is 17.5 Å². The van der Waals surface area contributed by atoms with E-state index in [1.807, 2.05) is 36.5 Å². The monoisotopic (exact) mass is 199 g/mol. The molecule has 3 nitrogen and oxygen atoms in total. The molecule has 0 spiro atoms. The van der Waals surface area contributed by atoms with Crippen molar-refractivity contribution in [1.82, 2.24) is 4.90 Å². The third-order valence-corrected chi connectivity index (χ3v) is 2.84. The number of hydrogen-bond acceptors (Lipinski definition) is 3. The van der Waals surface area contributed by atoms with E-state index in [1.165, 1.54) is 0 Å². The van der Waals surface area contributed by atoms with Crippen LogP contribution in [0.25, 0.3) is 0 Å². The molecule has 13 heavy (non-hydrogen) atoms. The topological polar surface area (TPSA) is 40.5 Å². The molecular formula is C9H13NO2S. The minimum Gasteiger partial charge on any atom is -0.481 e. The van der Waals surface area contributed by atoms with Gasteiger partial charge in [0.05, 0.1) is 12.5 Å². The van der Waals surface area contributed by atoms with Crippen LogP contribution in [0.4, 0.5) is 0 Å². The Labute approximate surface area is 81.6 Å². The lowest BCUT2D eigenvalue weighted by atomic mass is 10.1. The fraction of sp³-hybridized carbons (Fsp3) is 0.444. The predicted molar refractivity (Wildman–Crippen MR) is 53.0 cm³/mol. The van der Waals surface area contributed by atoms with E-state index in [4.69, 9.17) is 5.11 Å². The lowest BCUT2D eigenvalue weighted by Crippen LogP contribution is -2.21. The second-order valence-electron chi connectivity index (χ2n) is 3.09. The number of rotatable bonds is 4. The quantitative estimate of drug-likeness (QED) is 0.804. The van der Waals surface area contributed by atoms with E-state index in [9.17, 15) is 4.79 Å². The summed E-state index contributed by atoms with van der Waals surface area (Å²) in [5, 5.41) is 10.7. The van der Waals surface area contributed by atoms with Gasteiger partial charge in [-0.15, -0.1) is 11.3 Å². The van der Waals surface area contributed by atoms with Gasteiger partial charge in [0.15, 0.2) is 0 Å². The Kier molecular flexibility index (Phi) is 3.45. The molecule has 0 aliphatic rings. The number of carbonyl (C=O) groups is 1. The van der Waals surface area contributed by atoms with E-state index in [-0.39, 0.29) is 12.5 Å². The van der Waals surface area contributed by atoms with Gasteiger partial charge >= 0.3 is 5.97 Å². The van der Waals surface area contributed by atoms with Crippen LogP contribution in [0.5, 0.6) is 0 Å². The molecule has 0 fully saturated rings. The summed E-state index contributed by atoms with van der Waals surface area (Å²) >= 11 is 1.60. The average molecular weight is 199 g/mol. The van der Waals surface area contributed by atoms with Crippen molar-refractivity contribution in [2.75, 3.05) is 14.1 Å². The first-order chi connectivity index (χ1) is 6.11. The number of hydrogen-bond donors (Lipinski definition) is 1. The first-order valence-electron chi connectivity index (χ1n) is 4.03. The molecule has 1 N–H and O–H groups in total. The van der Waals surface area contributed by atoms with Gasteiger partial charge in [-0.1, -0.05) is 6.07 Å². The van der Waals surface area contributed by atoms with Gasteiger partial charge in [0.1, 0.15) is 0 Å². The Morgan fingerprint density at radius 3 is 2.77 bits per heavy atom. The molecule has 1 unspecified atom stereocenters. The van der Waals surface area contributed by atoms with Crippen LogP contribution in [-0.4, -0.2) is 30.1 Å². The van der Waals surface area contributed by atoms with Gasteiger partial charge in [-0.25, -0.2) is 0 Å². The molecule has 4 heteroatoms. The lowest BCUT2D eigenvalue weighted by molar-refractivity contribution is -0.138. The first kappa shape index (κ1) is 10.2. The van der Waals surface area contributed by atoms with E-state index >= 15 is 0 Å². The number of carboxylic acid groups (broad SMARTS) is 1. The third kappa shape index (κ3) is 2.82. The maximum absolute atomic E-state index is 10.6. The highest BCUT2D eigenvalue weighted by Gasteiger charge is 2.18. The average Bonchev–Trinajstić information content (AvgIpc) is 2.50. The van der Waals surface area contributed by atoms with Crippen molar-refractivity contribution in [1.29, 1.82) is 0 Å². The second-order valence-corrected chi connectivity index (χ2v) is 4.07. The largest absolute Gasteiger partial charge is 0.481 e. The van der Waals surface area contributed by atoms with Crippen molar-refractivity contribution in [3.05, 3.63) is 22.4 Å². The van der Waals surface area contributed by atoms with Gasteiger partial charge in [0.25, 0.3) is 0 Å². The molecule has 1 aromatic heterocycles. The molecule has 72 valence electrons.